The van der Waals surface area contributed by atoms with Gasteiger partial charge in [0.25, 0.3) is 0 Å². The van der Waals surface area contributed by atoms with E-state index in [4.69, 9.17) is 0 Å². The number of carbonyl (C=O) groups excluding carboxylic acids is 1. The smallest absolute Gasteiger partial charge is 0.249 e. The summed E-state index contributed by atoms with van der Waals surface area (Å²) < 4.78 is 14.8. The van der Waals surface area contributed by atoms with Crippen LogP contribution in [0.15, 0.2) is 35.3 Å². The molecule has 0 radical (unpaired) electrons. The maximum Gasteiger partial charge on any atom is 0.249 e. The van der Waals surface area contributed by atoms with Crippen LogP contribution in [0.25, 0.3) is 0 Å². The van der Waals surface area contributed by atoms with Crippen molar-refractivity contribution in [1.29, 1.82) is 0 Å². The van der Waals surface area contributed by atoms with E-state index in [0.29, 0.717) is 10.2 Å². The molecule has 0 aliphatic heterocycles. The average Bonchev–Trinajstić information content (AvgIpc) is 2.86. The van der Waals surface area contributed by atoms with Gasteiger partial charge >= 0.3 is 0 Å². The molecule has 18 heavy (non-hydrogen) atoms. The van der Waals surface area contributed by atoms with E-state index in [2.05, 4.69) is 31.3 Å². The number of rotatable bonds is 3. The lowest BCUT2D eigenvalue weighted by Gasteiger charge is -2.12. The highest BCUT2D eigenvalue weighted by atomic mass is 79.9. The quantitative estimate of drug-likeness (QED) is 0.946. The predicted molar refractivity (Wildman–Crippen MR) is 67.5 cm³/mol. The van der Waals surface area contributed by atoms with Gasteiger partial charge < -0.3 is 5.32 Å². The van der Waals surface area contributed by atoms with E-state index in [0.717, 1.165) is 0 Å². The molecule has 0 aliphatic rings. The molecule has 7 heteroatoms. The Kier molecular flexibility index (Phi) is 3.71. The minimum absolute atomic E-state index is 0.251. The minimum atomic E-state index is -0.490. The van der Waals surface area contributed by atoms with E-state index in [1.807, 2.05) is 0 Å². The zero-order valence-electron chi connectivity index (χ0n) is 9.47. The molecule has 1 amide bonds. The van der Waals surface area contributed by atoms with Crippen molar-refractivity contribution < 1.29 is 9.18 Å². The summed E-state index contributed by atoms with van der Waals surface area (Å²) in [6.45, 7) is 1.70. The monoisotopic (exact) mass is 312 g/mol. The first-order chi connectivity index (χ1) is 8.58. The summed E-state index contributed by atoms with van der Waals surface area (Å²) in [5, 5.41) is 6.56. The molecular formula is C11H10BrFN4O. The number of hydrogen-bond acceptors (Lipinski definition) is 3. The molecule has 1 atom stereocenters. The highest BCUT2D eigenvalue weighted by molar-refractivity contribution is 9.10. The third-order valence-corrected chi connectivity index (χ3v) is 3.01. The Balaban J connectivity index is 2.09. The van der Waals surface area contributed by atoms with Crippen LogP contribution in [0.2, 0.25) is 0 Å². The number of amides is 1. The molecule has 0 saturated heterocycles. The van der Waals surface area contributed by atoms with Gasteiger partial charge in [-0.05, 0) is 41.1 Å². The molecule has 1 N–H and O–H groups in total. The van der Waals surface area contributed by atoms with Gasteiger partial charge in [0.1, 0.15) is 24.5 Å². The van der Waals surface area contributed by atoms with Crippen LogP contribution < -0.4 is 5.32 Å². The zero-order valence-corrected chi connectivity index (χ0v) is 11.1. The molecule has 5 nitrogen and oxygen atoms in total. The second kappa shape index (κ2) is 5.26. The molecule has 1 aromatic heterocycles. The Morgan fingerprint density at radius 3 is 2.94 bits per heavy atom. The Hall–Kier alpha value is -1.76. The van der Waals surface area contributed by atoms with E-state index >= 15 is 0 Å². The van der Waals surface area contributed by atoms with Crippen LogP contribution in [0.5, 0.6) is 0 Å². The van der Waals surface area contributed by atoms with Crippen LogP contribution >= 0.6 is 15.9 Å². The fourth-order valence-electron chi connectivity index (χ4n) is 1.36. The van der Waals surface area contributed by atoms with Crippen LogP contribution in [0.4, 0.5) is 10.1 Å². The van der Waals surface area contributed by atoms with Gasteiger partial charge in [0.15, 0.2) is 0 Å². The molecule has 0 fully saturated rings. The van der Waals surface area contributed by atoms with E-state index in [1.54, 1.807) is 6.92 Å². The van der Waals surface area contributed by atoms with E-state index in [-0.39, 0.29) is 11.7 Å². The van der Waals surface area contributed by atoms with E-state index in [9.17, 15) is 9.18 Å². The first-order valence-electron chi connectivity index (χ1n) is 5.18. The number of nitrogens with one attached hydrogen (secondary N) is 1. The van der Waals surface area contributed by atoms with Crippen LogP contribution in [0, 0.1) is 5.82 Å². The maximum atomic E-state index is 13.0. The number of carbonyl (C=O) groups is 1. The van der Waals surface area contributed by atoms with Crippen molar-refractivity contribution in [1.82, 2.24) is 14.8 Å². The largest absolute Gasteiger partial charge is 0.324 e. The van der Waals surface area contributed by atoms with Gasteiger partial charge in [-0.25, -0.2) is 14.1 Å². The van der Waals surface area contributed by atoms with Crippen molar-refractivity contribution in [3.63, 3.8) is 0 Å². The van der Waals surface area contributed by atoms with E-state index in [1.165, 1.54) is 35.5 Å². The number of anilines is 1. The standard InChI is InChI=1S/C11H10BrFN4O/c1-7(17-6-14-5-15-17)11(18)16-8-2-3-10(13)9(12)4-8/h2-7H,1H3,(H,16,18). The maximum absolute atomic E-state index is 13.0. The first kappa shape index (κ1) is 12.7. The lowest BCUT2D eigenvalue weighted by molar-refractivity contribution is -0.119. The van der Waals surface area contributed by atoms with Gasteiger partial charge in [-0.1, -0.05) is 0 Å². The Labute approximate surface area is 111 Å². The summed E-state index contributed by atoms with van der Waals surface area (Å²) in [7, 11) is 0. The van der Waals surface area contributed by atoms with Crippen molar-refractivity contribution >= 4 is 27.5 Å². The van der Waals surface area contributed by atoms with Crippen LogP contribution in [-0.4, -0.2) is 20.7 Å². The summed E-state index contributed by atoms with van der Waals surface area (Å²) >= 11 is 3.06. The molecule has 2 aromatic rings. The number of hydrogen-bond donors (Lipinski definition) is 1. The molecule has 0 aliphatic carbocycles. The van der Waals surface area contributed by atoms with Gasteiger partial charge in [-0.3, -0.25) is 4.79 Å². The second-order valence-electron chi connectivity index (χ2n) is 3.67. The van der Waals surface area contributed by atoms with Gasteiger partial charge in [-0.15, -0.1) is 0 Å². The zero-order chi connectivity index (χ0) is 13.1. The SMILES string of the molecule is CC(C(=O)Nc1ccc(F)c(Br)c1)n1cncn1. The summed E-state index contributed by atoms with van der Waals surface area (Å²) in [6, 6.07) is 3.78. The van der Waals surface area contributed by atoms with Crippen molar-refractivity contribution in [3.8, 4) is 0 Å². The van der Waals surface area contributed by atoms with Crippen molar-refractivity contribution in [2.24, 2.45) is 0 Å². The van der Waals surface area contributed by atoms with Gasteiger partial charge in [0.05, 0.1) is 4.47 Å². The number of halogens is 2. The number of nitrogens with zero attached hydrogens (tertiary/aromatic N) is 3. The molecule has 1 heterocycles. The summed E-state index contributed by atoms with van der Waals surface area (Å²) in [4.78, 5) is 15.7. The van der Waals surface area contributed by atoms with Gasteiger partial charge in [-0.2, -0.15) is 5.10 Å². The number of benzene rings is 1. The fourth-order valence-corrected chi connectivity index (χ4v) is 1.74. The predicted octanol–water partition coefficient (Wildman–Crippen LogP) is 2.38. The highest BCUT2D eigenvalue weighted by Gasteiger charge is 2.15. The van der Waals surface area contributed by atoms with Gasteiger partial charge in [0.2, 0.25) is 5.91 Å². The molecule has 94 valence electrons. The minimum Gasteiger partial charge on any atom is -0.324 e. The Morgan fingerprint density at radius 2 is 2.33 bits per heavy atom. The topological polar surface area (TPSA) is 59.8 Å². The Morgan fingerprint density at radius 1 is 1.56 bits per heavy atom. The third kappa shape index (κ3) is 2.73. The lowest BCUT2D eigenvalue weighted by Crippen LogP contribution is -2.24. The summed E-state index contributed by atoms with van der Waals surface area (Å²) in [5.41, 5.74) is 0.514. The molecular weight excluding hydrogens is 303 g/mol. The highest BCUT2D eigenvalue weighted by Crippen LogP contribution is 2.20. The number of aromatic nitrogens is 3. The second-order valence-corrected chi connectivity index (χ2v) is 4.52. The van der Waals surface area contributed by atoms with Crippen molar-refractivity contribution in [3.05, 3.63) is 41.1 Å². The van der Waals surface area contributed by atoms with Crippen molar-refractivity contribution in [2.45, 2.75) is 13.0 Å². The summed E-state index contributed by atoms with van der Waals surface area (Å²) in [5.74, 6) is -0.628. The third-order valence-electron chi connectivity index (χ3n) is 2.40. The normalized spacial score (nSPS) is 12.2. The molecule has 0 spiro atoms. The fraction of sp³-hybridized carbons (Fsp3) is 0.182. The van der Waals surface area contributed by atoms with Gasteiger partial charge in [0, 0.05) is 5.69 Å². The molecule has 2 rings (SSSR count). The Bertz CT molecular complexity index is 558. The average molecular weight is 313 g/mol. The first-order valence-corrected chi connectivity index (χ1v) is 5.97. The summed E-state index contributed by atoms with van der Waals surface area (Å²) in [6.07, 6.45) is 2.82. The molecule has 1 unspecified atom stereocenters. The molecule has 0 saturated carbocycles. The molecule has 0 bridgehead atoms. The van der Waals surface area contributed by atoms with Crippen LogP contribution in [-0.2, 0) is 4.79 Å². The molecule has 1 aromatic carbocycles. The van der Waals surface area contributed by atoms with E-state index < -0.39 is 6.04 Å². The van der Waals surface area contributed by atoms with Crippen LogP contribution in [0.3, 0.4) is 0 Å². The van der Waals surface area contributed by atoms with Crippen LogP contribution in [0.1, 0.15) is 13.0 Å². The lowest BCUT2D eigenvalue weighted by atomic mass is 10.2. The van der Waals surface area contributed by atoms with Crippen molar-refractivity contribution in [2.75, 3.05) is 5.32 Å².